The molecule has 2 rings (SSSR count). The number of rotatable bonds is 9. The van der Waals surface area contributed by atoms with Gasteiger partial charge in [-0.05, 0) is 31.0 Å². The number of ether oxygens (including phenoxy) is 5. The summed E-state index contributed by atoms with van der Waals surface area (Å²) in [5, 5.41) is 9.73. The van der Waals surface area contributed by atoms with Gasteiger partial charge in [-0.15, -0.1) is 0 Å². The maximum atomic E-state index is 12.7. The zero-order valence-electron chi connectivity index (χ0n) is 18.0. The standard InChI is InChI=1S/C22H26N2O7/c1-5-9-30-15-8-7-13(10-16(15)29-6-2)19-14(12-23)21(24)31-17(11-18(25)27-3)20(19)22(26)28-4/h7-8,10,19H,5-6,9,11,24H2,1-4H3/t19-/m0/s1. The maximum Gasteiger partial charge on any atom is 0.338 e. The van der Waals surface area contributed by atoms with Crippen molar-refractivity contribution in [3.05, 3.63) is 46.6 Å². The molecule has 0 bridgehead atoms. The highest BCUT2D eigenvalue weighted by Gasteiger charge is 2.38. The van der Waals surface area contributed by atoms with E-state index in [1.165, 1.54) is 14.2 Å². The summed E-state index contributed by atoms with van der Waals surface area (Å²) in [7, 11) is 2.41. The molecule has 9 nitrogen and oxygen atoms in total. The molecule has 1 heterocycles. The van der Waals surface area contributed by atoms with Gasteiger partial charge in [-0.1, -0.05) is 13.0 Å². The van der Waals surface area contributed by atoms with Gasteiger partial charge in [-0.3, -0.25) is 4.79 Å². The molecule has 166 valence electrons. The number of hydrogen-bond donors (Lipinski definition) is 1. The summed E-state index contributed by atoms with van der Waals surface area (Å²) < 4.78 is 26.5. The van der Waals surface area contributed by atoms with Crippen LogP contribution in [0.25, 0.3) is 0 Å². The van der Waals surface area contributed by atoms with Crippen LogP contribution >= 0.6 is 0 Å². The molecule has 1 atom stereocenters. The molecule has 0 saturated carbocycles. The molecule has 9 heteroatoms. The quantitative estimate of drug-likeness (QED) is 0.588. The zero-order valence-corrected chi connectivity index (χ0v) is 18.0. The fourth-order valence-electron chi connectivity index (χ4n) is 3.12. The predicted octanol–water partition coefficient (Wildman–Crippen LogP) is 2.67. The van der Waals surface area contributed by atoms with Gasteiger partial charge in [0.05, 0.1) is 38.9 Å². The molecule has 1 aliphatic rings. The summed E-state index contributed by atoms with van der Waals surface area (Å²) in [4.78, 5) is 24.6. The van der Waals surface area contributed by atoms with Crippen molar-refractivity contribution in [1.82, 2.24) is 0 Å². The Labute approximate surface area is 181 Å². The Morgan fingerprint density at radius 1 is 1.16 bits per heavy atom. The molecule has 1 aromatic carbocycles. The number of esters is 2. The number of carbonyl (C=O) groups is 2. The number of nitrogens with two attached hydrogens (primary N) is 1. The Morgan fingerprint density at radius 3 is 2.48 bits per heavy atom. The molecule has 0 unspecified atom stereocenters. The zero-order chi connectivity index (χ0) is 23.0. The number of benzene rings is 1. The van der Waals surface area contributed by atoms with Crippen molar-refractivity contribution in [2.75, 3.05) is 27.4 Å². The van der Waals surface area contributed by atoms with E-state index >= 15 is 0 Å². The number of methoxy groups -OCH3 is 2. The Kier molecular flexibility index (Phi) is 8.32. The number of nitriles is 1. The smallest absolute Gasteiger partial charge is 0.338 e. The van der Waals surface area contributed by atoms with E-state index in [-0.39, 0.29) is 29.2 Å². The van der Waals surface area contributed by atoms with Crippen LogP contribution in [0.5, 0.6) is 11.5 Å². The number of carbonyl (C=O) groups excluding carboxylic acids is 2. The van der Waals surface area contributed by atoms with E-state index in [0.29, 0.717) is 30.3 Å². The minimum Gasteiger partial charge on any atom is -0.490 e. The first-order valence-electron chi connectivity index (χ1n) is 9.76. The molecule has 0 radical (unpaired) electrons. The molecule has 0 aromatic heterocycles. The van der Waals surface area contributed by atoms with Gasteiger partial charge in [0.2, 0.25) is 5.88 Å². The van der Waals surface area contributed by atoms with E-state index in [1.807, 2.05) is 19.9 Å². The number of nitrogens with zero attached hydrogens (tertiary/aromatic N) is 1. The molecule has 0 spiro atoms. The second-order valence-corrected chi connectivity index (χ2v) is 6.49. The van der Waals surface area contributed by atoms with Crippen LogP contribution in [-0.4, -0.2) is 39.4 Å². The van der Waals surface area contributed by atoms with Crippen LogP contribution < -0.4 is 15.2 Å². The average molecular weight is 430 g/mol. The van der Waals surface area contributed by atoms with Crippen LogP contribution in [0.4, 0.5) is 0 Å². The molecule has 0 saturated heterocycles. The van der Waals surface area contributed by atoms with Crippen molar-refractivity contribution in [3.8, 4) is 17.6 Å². The second kappa shape index (κ2) is 10.9. The van der Waals surface area contributed by atoms with Crippen LogP contribution in [0.3, 0.4) is 0 Å². The molecule has 0 aliphatic carbocycles. The molecule has 0 fully saturated rings. The summed E-state index contributed by atoms with van der Waals surface area (Å²) in [6.07, 6.45) is 0.462. The van der Waals surface area contributed by atoms with Crippen molar-refractivity contribution in [2.45, 2.75) is 32.6 Å². The van der Waals surface area contributed by atoms with E-state index in [4.69, 9.17) is 24.7 Å². The topological polar surface area (TPSA) is 130 Å². The van der Waals surface area contributed by atoms with Gasteiger partial charge >= 0.3 is 11.9 Å². The van der Waals surface area contributed by atoms with Gasteiger partial charge in [0.25, 0.3) is 0 Å². The third kappa shape index (κ3) is 5.28. The summed E-state index contributed by atoms with van der Waals surface area (Å²) in [5.74, 6) is -1.57. The van der Waals surface area contributed by atoms with Gasteiger partial charge < -0.3 is 29.4 Å². The van der Waals surface area contributed by atoms with Crippen molar-refractivity contribution in [1.29, 1.82) is 5.26 Å². The summed E-state index contributed by atoms with van der Waals surface area (Å²) in [5.41, 5.74) is 6.49. The lowest BCUT2D eigenvalue weighted by atomic mass is 9.82. The maximum absolute atomic E-state index is 12.7. The van der Waals surface area contributed by atoms with Crippen LogP contribution in [0, 0.1) is 11.3 Å². The molecule has 2 N–H and O–H groups in total. The molecule has 0 amide bonds. The Hall–Kier alpha value is -3.67. The number of allylic oxidation sites excluding steroid dienone is 1. The minimum absolute atomic E-state index is 0.0108. The minimum atomic E-state index is -0.926. The highest BCUT2D eigenvalue weighted by atomic mass is 16.5. The predicted molar refractivity (Wildman–Crippen MR) is 110 cm³/mol. The van der Waals surface area contributed by atoms with Gasteiger partial charge in [-0.25, -0.2) is 4.79 Å². The Balaban J connectivity index is 2.67. The first kappa shape index (κ1) is 23.6. The molecule has 31 heavy (non-hydrogen) atoms. The number of hydrogen-bond acceptors (Lipinski definition) is 9. The molecule has 1 aromatic rings. The van der Waals surface area contributed by atoms with Gasteiger partial charge in [0, 0.05) is 0 Å². The highest BCUT2D eigenvalue weighted by Crippen LogP contribution is 2.43. The molecule has 1 aliphatic heterocycles. The Morgan fingerprint density at radius 2 is 1.90 bits per heavy atom. The first-order chi connectivity index (χ1) is 14.9. The first-order valence-corrected chi connectivity index (χ1v) is 9.76. The van der Waals surface area contributed by atoms with E-state index in [1.54, 1.807) is 18.2 Å². The lowest BCUT2D eigenvalue weighted by molar-refractivity contribution is -0.140. The van der Waals surface area contributed by atoms with E-state index < -0.39 is 17.9 Å². The van der Waals surface area contributed by atoms with E-state index in [0.717, 1.165) is 6.42 Å². The fraction of sp³-hybridized carbons (Fsp3) is 0.409. The van der Waals surface area contributed by atoms with Crippen LogP contribution in [0.2, 0.25) is 0 Å². The van der Waals surface area contributed by atoms with Crippen LogP contribution in [0.1, 0.15) is 38.2 Å². The Bertz CT molecular complexity index is 944. The third-order valence-corrected chi connectivity index (χ3v) is 4.50. The monoisotopic (exact) mass is 430 g/mol. The lowest BCUT2D eigenvalue weighted by Crippen LogP contribution is -2.27. The third-order valence-electron chi connectivity index (χ3n) is 4.50. The van der Waals surface area contributed by atoms with Crippen molar-refractivity contribution in [2.24, 2.45) is 5.73 Å². The average Bonchev–Trinajstić information content (AvgIpc) is 2.77. The summed E-state index contributed by atoms with van der Waals surface area (Å²) >= 11 is 0. The van der Waals surface area contributed by atoms with Crippen molar-refractivity contribution < 1.29 is 33.3 Å². The van der Waals surface area contributed by atoms with Gasteiger partial charge in [0.1, 0.15) is 23.8 Å². The summed E-state index contributed by atoms with van der Waals surface area (Å²) in [6, 6.07) is 7.07. The fourth-order valence-corrected chi connectivity index (χ4v) is 3.12. The molecular weight excluding hydrogens is 404 g/mol. The van der Waals surface area contributed by atoms with Crippen LogP contribution in [0.15, 0.2) is 41.0 Å². The van der Waals surface area contributed by atoms with Crippen molar-refractivity contribution in [3.63, 3.8) is 0 Å². The largest absolute Gasteiger partial charge is 0.490 e. The van der Waals surface area contributed by atoms with Crippen LogP contribution in [-0.2, 0) is 23.8 Å². The second-order valence-electron chi connectivity index (χ2n) is 6.49. The SMILES string of the molecule is CCCOc1ccc([C@H]2C(C#N)=C(N)OC(CC(=O)OC)=C2C(=O)OC)cc1OCC. The van der Waals surface area contributed by atoms with Crippen molar-refractivity contribution >= 4 is 11.9 Å². The van der Waals surface area contributed by atoms with E-state index in [2.05, 4.69) is 4.74 Å². The molecular formula is C22H26N2O7. The van der Waals surface area contributed by atoms with Gasteiger partial charge in [-0.2, -0.15) is 5.26 Å². The van der Waals surface area contributed by atoms with Gasteiger partial charge in [0.15, 0.2) is 11.5 Å². The summed E-state index contributed by atoms with van der Waals surface area (Å²) in [6.45, 7) is 4.71. The normalized spacial score (nSPS) is 15.6. The highest BCUT2D eigenvalue weighted by molar-refractivity contribution is 5.93. The van der Waals surface area contributed by atoms with E-state index in [9.17, 15) is 14.9 Å². The lowest BCUT2D eigenvalue weighted by Gasteiger charge is -2.28.